The Bertz CT molecular complexity index is 684. The topological polar surface area (TPSA) is 98.0 Å². The smallest absolute Gasteiger partial charge is 0.266 e. The molecule has 0 radical (unpaired) electrons. The van der Waals surface area contributed by atoms with E-state index in [4.69, 9.17) is 28.9 Å². The van der Waals surface area contributed by atoms with E-state index >= 15 is 0 Å². The quantitative estimate of drug-likeness (QED) is 0.845. The second kappa shape index (κ2) is 5.20. The zero-order valence-corrected chi connectivity index (χ0v) is 11.7. The van der Waals surface area contributed by atoms with Crippen LogP contribution in [0.1, 0.15) is 0 Å². The maximum atomic E-state index is 12.2. The molecule has 19 heavy (non-hydrogen) atoms. The molecule has 0 atom stereocenters. The Balaban J connectivity index is 2.41. The SMILES string of the molecule is Nc1cccc(Cl)c1S(=O)(=O)Nc1ccc(Cl)nn1. The van der Waals surface area contributed by atoms with Crippen molar-refractivity contribution in [2.45, 2.75) is 4.90 Å². The van der Waals surface area contributed by atoms with Gasteiger partial charge in [-0.3, -0.25) is 4.72 Å². The number of anilines is 2. The first-order chi connectivity index (χ1) is 8.90. The Hall–Kier alpha value is -1.57. The van der Waals surface area contributed by atoms with Crippen LogP contribution in [0, 0.1) is 0 Å². The molecule has 1 heterocycles. The molecule has 0 bridgehead atoms. The summed E-state index contributed by atoms with van der Waals surface area (Å²) in [5, 5.41) is 7.29. The van der Waals surface area contributed by atoms with Gasteiger partial charge in [-0.15, -0.1) is 10.2 Å². The molecule has 0 spiro atoms. The summed E-state index contributed by atoms with van der Waals surface area (Å²) in [6.07, 6.45) is 0. The van der Waals surface area contributed by atoms with Crippen LogP contribution < -0.4 is 10.5 Å². The number of hydrogen-bond acceptors (Lipinski definition) is 5. The lowest BCUT2D eigenvalue weighted by atomic mass is 10.3. The lowest BCUT2D eigenvalue weighted by Crippen LogP contribution is -2.16. The zero-order valence-electron chi connectivity index (χ0n) is 9.34. The Morgan fingerprint density at radius 1 is 1.11 bits per heavy atom. The van der Waals surface area contributed by atoms with Crippen molar-refractivity contribution in [1.82, 2.24) is 10.2 Å². The minimum absolute atomic E-state index is 0.0173. The number of nitrogens with one attached hydrogen (secondary N) is 1. The van der Waals surface area contributed by atoms with E-state index in [1.54, 1.807) is 6.07 Å². The molecule has 0 aliphatic carbocycles. The molecule has 2 rings (SSSR count). The number of rotatable bonds is 3. The Kier molecular flexibility index (Phi) is 3.79. The van der Waals surface area contributed by atoms with Crippen LogP contribution in [0.3, 0.4) is 0 Å². The third kappa shape index (κ3) is 3.06. The molecule has 9 heteroatoms. The van der Waals surface area contributed by atoms with Crippen molar-refractivity contribution in [2.24, 2.45) is 0 Å². The highest BCUT2D eigenvalue weighted by molar-refractivity contribution is 7.93. The minimum Gasteiger partial charge on any atom is -0.398 e. The Labute approximate surface area is 119 Å². The second-order valence-corrected chi connectivity index (χ2v) is 5.92. The van der Waals surface area contributed by atoms with Crippen LogP contribution in [-0.2, 0) is 10.0 Å². The van der Waals surface area contributed by atoms with Gasteiger partial charge in [0.05, 0.1) is 10.7 Å². The molecule has 0 saturated carbocycles. The molecule has 3 N–H and O–H groups in total. The normalized spacial score (nSPS) is 11.3. The van der Waals surface area contributed by atoms with E-state index < -0.39 is 10.0 Å². The van der Waals surface area contributed by atoms with Gasteiger partial charge >= 0.3 is 0 Å². The summed E-state index contributed by atoms with van der Waals surface area (Å²) in [4.78, 5) is -0.201. The standard InChI is InChI=1S/C10H8Cl2N4O2S/c11-6-2-1-3-7(13)10(6)19(17,18)16-9-5-4-8(12)14-15-9/h1-5H,13H2,(H,15,16). The number of nitrogen functional groups attached to an aromatic ring is 1. The molecule has 0 saturated heterocycles. The summed E-state index contributed by atoms with van der Waals surface area (Å²) in [5.41, 5.74) is 5.67. The number of nitrogens with zero attached hydrogens (tertiary/aromatic N) is 2. The van der Waals surface area contributed by atoms with Gasteiger partial charge in [0.15, 0.2) is 11.0 Å². The predicted molar refractivity (Wildman–Crippen MR) is 73.7 cm³/mol. The highest BCUT2D eigenvalue weighted by Gasteiger charge is 2.21. The zero-order chi connectivity index (χ0) is 14.0. The first-order valence-corrected chi connectivity index (χ1v) is 7.20. The van der Waals surface area contributed by atoms with E-state index in [1.807, 2.05) is 0 Å². The molecule has 0 fully saturated rings. The van der Waals surface area contributed by atoms with Gasteiger partial charge in [-0.2, -0.15) is 0 Å². The van der Waals surface area contributed by atoms with Crippen LogP contribution in [0.15, 0.2) is 35.2 Å². The average molecular weight is 319 g/mol. The highest BCUT2D eigenvalue weighted by atomic mass is 35.5. The van der Waals surface area contributed by atoms with Gasteiger partial charge in [0.2, 0.25) is 0 Å². The maximum absolute atomic E-state index is 12.2. The number of aromatic nitrogens is 2. The van der Waals surface area contributed by atoms with Gasteiger partial charge < -0.3 is 5.73 Å². The van der Waals surface area contributed by atoms with Crippen molar-refractivity contribution in [2.75, 3.05) is 10.5 Å². The number of nitrogens with two attached hydrogens (primary N) is 1. The van der Waals surface area contributed by atoms with E-state index in [-0.39, 0.29) is 26.6 Å². The average Bonchev–Trinajstić information content (AvgIpc) is 2.31. The highest BCUT2D eigenvalue weighted by Crippen LogP contribution is 2.28. The number of sulfonamides is 1. The summed E-state index contributed by atoms with van der Waals surface area (Å²) >= 11 is 11.4. The lowest BCUT2D eigenvalue weighted by Gasteiger charge is -2.10. The van der Waals surface area contributed by atoms with Crippen LogP contribution in [0.4, 0.5) is 11.5 Å². The summed E-state index contributed by atoms with van der Waals surface area (Å²) < 4.78 is 26.5. The maximum Gasteiger partial charge on any atom is 0.266 e. The van der Waals surface area contributed by atoms with Gasteiger partial charge in [-0.25, -0.2) is 8.42 Å². The van der Waals surface area contributed by atoms with Crippen LogP contribution in [-0.4, -0.2) is 18.6 Å². The van der Waals surface area contributed by atoms with Gasteiger partial charge in [0, 0.05) is 0 Å². The summed E-state index contributed by atoms with van der Waals surface area (Å²) in [5.74, 6) is 0.0173. The molecule has 0 aliphatic heterocycles. The third-order valence-corrected chi connectivity index (χ3v) is 4.24. The molecule has 1 aromatic carbocycles. The molecule has 0 unspecified atom stereocenters. The van der Waals surface area contributed by atoms with Crippen molar-refractivity contribution in [3.05, 3.63) is 40.5 Å². The fraction of sp³-hybridized carbons (Fsp3) is 0. The van der Waals surface area contributed by atoms with Crippen molar-refractivity contribution >= 4 is 44.7 Å². The van der Waals surface area contributed by atoms with Gasteiger partial charge in [0.1, 0.15) is 4.90 Å². The molecule has 0 amide bonds. The van der Waals surface area contributed by atoms with Crippen molar-refractivity contribution in [3.63, 3.8) is 0 Å². The monoisotopic (exact) mass is 318 g/mol. The predicted octanol–water partition coefficient (Wildman–Crippen LogP) is 2.17. The van der Waals surface area contributed by atoms with E-state index in [1.165, 1.54) is 24.3 Å². The van der Waals surface area contributed by atoms with Crippen molar-refractivity contribution in [3.8, 4) is 0 Å². The van der Waals surface area contributed by atoms with E-state index in [0.717, 1.165) is 0 Å². The molecular formula is C10H8Cl2N4O2S. The first-order valence-electron chi connectivity index (χ1n) is 4.96. The van der Waals surface area contributed by atoms with E-state index in [2.05, 4.69) is 14.9 Å². The van der Waals surface area contributed by atoms with Crippen LogP contribution in [0.5, 0.6) is 0 Å². The third-order valence-electron chi connectivity index (χ3n) is 2.14. The molecule has 0 aliphatic rings. The van der Waals surface area contributed by atoms with Crippen molar-refractivity contribution in [1.29, 1.82) is 0 Å². The fourth-order valence-electron chi connectivity index (χ4n) is 1.37. The van der Waals surface area contributed by atoms with Crippen LogP contribution >= 0.6 is 23.2 Å². The van der Waals surface area contributed by atoms with Gasteiger partial charge in [0.25, 0.3) is 10.0 Å². The molecule has 2 aromatic rings. The molecule has 6 nitrogen and oxygen atoms in total. The molecular weight excluding hydrogens is 311 g/mol. The second-order valence-electron chi connectivity index (χ2n) is 3.50. The Morgan fingerprint density at radius 3 is 2.42 bits per heavy atom. The molecule has 1 aromatic heterocycles. The lowest BCUT2D eigenvalue weighted by molar-refractivity contribution is 0.601. The summed E-state index contributed by atoms with van der Waals surface area (Å²) in [7, 11) is -3.94. The van der Waals surface area contributed by atoms with Crippen LogP contribution in [0.2, 0.25) is 10.2 Å². The summed E-state index contributed by atoms with van der Waals surface area (Å²) in [6, 6.07) is 7.20. The first kappa shape index (κ1) is 13.9. The largest absolute Gasteiger partial charge is 0.398 e. The minimum atomic E-state index is -3.94. The fourth-order valence-corrected chi connectivity index (χ4v) is 3.14. The van der Waals surface area contributed by atoms with Crippen LogP contribution in [0.25, 0.3) is 0 Å². The number of halogens is 2. The van der Waals surface area contributed by atoms with Gasteiger partial charge in [-0.05, 0) is 24.3 Å². The summed E-state index contributed by atoms with van der Waals surface area (Å²) in [6.45, 7) is 0. The van der Waals surface area contributed by atoms with E-state index in [0.29, 0.717) is 0 Å². The Morgan fingerprint density at radius 2 is 1.84 bits per heavy atom. The van der Waals surface area contributed by atoms with Crippen molar-refractivity contribution < 1.29 is 8.42 Å². The molecule has 100 valence electrons. The van der Waals surface area contributed by atoms with Gasteiger partial charge in [-0.1, -0.05) is 29.3 Å². The number of hydrogen-bond donors (Lipinski definition) is 2. The van der Waals surface area contributed by atoms with E-state index in [9.17, 15) is 8.42 Å². The number of benzene rings is 1.